The van der Waals surface area contributed by atoms with Crippen LogP contribution in [0.2, 0.25) is 0 Å². The van der Waals surface area contributed by atoms with E-state index in [1.54, 1.807) is 0 Å². The predicted molar refractivity (Wildman–Crippen MR) is 47.0 cm³/mol. The summed E-state index contributed by atoms with van der Waals surface area (Å²) in [6.07, 6.45) is 1.59. The van der Waals surface area contributed by atoms with Gasteiger partial charge in [-0.2, -0.15) is 0 Å². The zero-order chi connectivity index (χ0) is 8.43. The summed E-state index contributed by atoms with van der Waals surface area (Å²) in [4.78, 5) is 0. The molecule has 1 aliphatic heterocycles. The molecule has 0 N–H and O–H groups in total. The first-order valence-corrected chi connectivity index (χ1v) is 4.65. The van der Waals surface area contributed by atoms with Crippen LogP contribution in [0, 0.1) is 24.4 Å². The molecule has 1 aliphatic rings. The van der Waals surface area contributed by atoms with Crippen LogP contribution in [0.3, 0.4) is 0 Å². The van der Waals surface area contributed by atoms with Gasteiger partial charge in [-0.3, -0.25) is 0 Å². The molecule has 0 aromatic rings. The molecule has 0 saturated carbocycles. The quantitative estimate of drug-likeness (QED) is 0.668. The van der Waals surface area contributed by atoms with Crippen molar-refractivity contribution in [1.82, 2.24) is 0 Å². The van der Waals surface area contributed by atoms with Crippen LogP contribution in [-0.2, 0) is 25.8 Å². The van der Waals surface area contributed by atoms with Gasteiger partial charge >= 0.3 is 0 Å². The van der Waals surface area contributed by atoms with Gasteiger partial charge in [0.25, 0.3) is 0 Å². The molecule has 72 valence electrons. The topological polar surface area (TPSA) is 9.23 Å². The summed E-state index contributed by atoms with van der Waals surface area (Å²) in [5.41, 5.74) is 0. The molecule has 0 aromatic carbocycles. The first-order chi connectivity index (χ1) is 5.16. The third-order valence-corrected chi connectivity index (χ3v) is 3.12. The molecule has 4 unspecified atom stereocenters. The molecule has 1 nitrogen and oxygen atoms in total. The van der Waals surface area contributed by atoms with Gasteiger partial charge in [0.2, 0.25) is 0 Å². The molecule has 1 rings (SSSR count). The first-order valence-electron chi connectivity index (χ1n) is 4.65. The van der Waals surface area contributed by atoms with E-state index in [2.05, 4.69) is 27.7 Å². The van der Waals surface area contributed by atoms with Crippen LogP contribution in [0.1, 0.15) is 34.1 Å². The van der Waals surface area contributed by atoms with Gasteiger partial charge in [-0.05, 0) is 12.3 Å². The Morgan fingerprint density at radius 2 is 1.75 bits per heavy atom. The van der Waals surface area contributed by atoms with Crippen LogP contribution in [0.25, 0.3) is 0 Å². The summed E-state index contributed by atoms with van der Waals surface area (Å²) >= 11 is 0. The molecule has 0 aliphatic carbocycles. The molecule has 0 bridgehead atoms. The predicted octanol–water partition coefficient (Wildman–Crippen LogP) is 2.86. The Morgan fingerprint density at radius 3 is 2.25 bits per heavy atom. The van der Waals surface area contributed by atoms with Crippen molar-refractivity contribution >= 4 is 0 Å². The van der Waals surface area contributed by atoms with E-state index in [4.69, 9.17) is 4.74 Å². The van der Waals surface area contributed by atoms with Crippen molar-refractivity contribution in [2.24, 2.45) is 17.8 Å². The average Bonchev–Trinajstić information content (AvgIpc) is 2.01. The van der Waals surface area contributed by atoms with Crippen LogP contribution in [0.5, 0.6) is 0 Å². The van der Waals surface area contributed by atoms with E-state index in [0.717, 1.165) is 12.3 Å². The second-order valence-corrected chi connectivity index (χ2v) is 3.80. The molecule has 0 aromatic heterocycles. The van der Waals surface area contributed by atoms with Crippen molar-refractivity contribution in [3.63, 3.8) is 0 Å². The van der Waals surface area contributed by atoms with Crippen molar-refractivity contribution in [3.8, 4) is 0 Å². The minimum absolute atomic E-state index is 0. The van der Waals surface area contributed by atoms with Gasteiger partial charge in [0.15, 0.2) is 0 Å². The summed E-state index contributed by atoms with van der Waals surface area (Å²) in [6.45, 7) is 11.0. The molecule has 12 heavy (non-hydrogen) atoms. The zero-order valence-electron chi connectivity index (χ0n) is 8.41. The van der Waals surface area contributed by atoms with E-state index in [9.17, 15) is 0 Å². The molecule has 2 heteroatoms. The Kier molecular flexibility index (Phi) is 5.69. The van der Waals surface area contributed by atoms with Gasteiger partial charge in [-0.1, -0.05) is 33.6 Å². The monoisotopic (exact) mass is 339 g/mol. The van der Waals surface area contributed by atoms with Gasteiger partial charge in [-0.25, -0.2) is 6.61 Å². The maximum absolute atomic E-state index is 5.60. The summed E-state index contributed by atoms with van der Waals surface area (Å²) in [5.74, 6) is 2.10. The van der Waals surface area contributed by atoms with E-state index in [-0.39, 0.29) is 21.1 Å². The largest absolute Gasteiger partial charge is 0.549 e. The van der Waals surface area contributed by atoms with E-state index in [0.29, 0.717) is 17.9 Å². The van der Waals surface area contributed by atoms with E-state index < -0.39 is 0 Å². The number of hydrogen-bond donors (Lipinski definition) is 0. The fourth-order valence-corrected chi connectivity index (χ4v) is 1.76. The Labute approximate surface area is 90.5 Å². The normalized spacial score (nSPS) is 42.0. The number of hydrogen-bond acceptors (Lipinski definition) is 1. The van der Waals surface area contributed by atoms with Gasteiger partial charge in [-0.15, -0.1) is 5.92 Å². The van der Waals surface area contributed by atoms with Crippen molar-refractivity contribution in [1.29, 1.82) is 0 Å². The van der Waals surface area contributed by atoms with Gasteiger partial charge in [0, 0.05) is 27.2 Å². The Balaban J connectivity index is 0.00000121. The third kappa shape index (κ3) is 2.57. The minimum Gasteiger partial charge on any atom is -0.549 e. The zero-order valence-corrected chi connectivity index (χ0v) is 11.3. The van der Waals surface area contributed by atoms with Crippen LogP contribution < -0.4 is 0 Å². The number of rotatable bonds is 1. The molecular formula is C10H19OW-. The van der Waals surface area contributed by atoms with Gasteiger partial charge in [0.1, 0.15) is 0 Å². The summed E-state index contributed by atoms with van der Waals surface area (Å²) in [7, 11) is 0. The maximum atomic E-state index is 5.60. The van der Waals surface area contributed by atoms with Crippen molar-refractivity contribution in [3.05, 3.63) is 6.61 Å². The van der Waals surface area contributed by atoms with Crippen LogP contribution in [0.15, 0.2) is 0 Å². The van der Waals surface area contributed by atoms with E-state index in [1.807, 2.05) is 6.61 Å². The molecule has 1 fully saturated rings. The molecule has 4 atom stereocenters. The van der Waals surface area contributed by atoms with Gasteiger partial charge < -0.3 is 4.74 Å². The van der Waals surface area contributed by atoms with Crippen molar-refractivity contribution < 1.29 is 25.8 Å². The molecule has 0 spiro atoms. The minimum atomic E-state index is 0. The Morgan fingerprint density at radius 1 is 1.17 bits per heavy atom. The molecule has 1 heterocycles. The first kappa shape index (κ1) is 12.6. The molecule has 0 radical (unpaired) electrons. The van der Waals surface area contributed by atoms with Gasteiger partial charge in [0.05, 0.1) is 0 Å². The number of ether oxygens (including phenoxy) is 1. The molecular weight excluding hydrogens is 320 g/mol. The second kappa shape index (κ2) is 5.39. The van der Waals surface area contributed by atoms with Crippen LogP contribution in [-0.4, -0.2) is 6.10 Å². The van der Waals surface area contributed by atoms with Crippen LogP contribution in [0.4, 0.5) is 0 Å². The Hall–Kier alpha value is 0.648. The standard InChI is InChI=1S/C10H19O.W/c1-5-10-9(4)8(3)7(2)6-11-10;/h6-10H,5H2,1-4H3;/q-1;. The fraction of sp³-hybridized carbons (Fsp3) is 0.900. The second-order valence-electron chi connectivity index (χ2n) is 3.80. The molecule has 1 saturated heterocycles. The summed E-state index contributed by atoms with van der Waals surface area (Å²) in [6, 6.07) is 0. The van der Waals surface area contributed by atoms with E-state index in [1.165, 1.54) is 0 Å². The van der Waals surface area contributed by atoms with Crippen molar-refractivity contribution in [2.45, 2.75) is 40.2 Å². The Bertz CT molecular complexity index is 125. The smallest absolute Gasteiger partial charge is 0.0256 e. The van der Waals surface area contributed by atoms with E-state index >= 15 is 0 Å². The molecule has 0 amide bonds. The van der Waals surface area contributed by atoms with Crippen molar-refractivity contribution in [2.75, 3.05) is 0 Å². The average molecular weight is 339 g/mol. The van der Waals surface area contributed by atoms with Crippen LogP contribution >= 0.6 is 0 Å². The maximum Gasteiger partial charge on any atom is 0.0256 e. The third-order valence-electron chi connectivity index (χ3n) is 3.12. The summed E-state index contributed by atoms with van der Waals surface area (Å²) < 4.78 is 5.60. The summed E-state index contributed by atoms with van der Waals surface area (Å²) in [5, 5.41) is 0. The fourth-order valence-electron chi connectivity index (χ4n) is 1.76. The SMILES string of the molecule is CCC1O[CH-]C(C)C(C)C1C.[W].